The van der Waals surface area contributed by atoms with Gasteiger partial charge in [0, 0.05) is 68.1 Å². The van der Waals surface area contributed by atoms with E-state index >= 15 is 0 Å². The molecule has 18 nitrogen and oxygen atoms in total. The molecule has 82 heavy (non-hydrogen) atoms. The normalized spacial score (nSPS) is 25.2. The number of alkyl carbamates (subject to hydrolysis) is 2. The number of carboxylic acid groups (broad SMARTS) is 2. The Morgan fingerprint density at radius 1 is 0.476 bits per heavy atom. The Morgan fingerprint density at radius 3 is 1.09 bits per heavy atom. The van der Waals surface area contributed by atoms with Gasteiger partial charge >= 0.3 is 24.1 Å². The number of hydrogen-bond acceptors (Lipinski definition) is 14. The van der Waals surface area contributed by atoms with E-state index in [9.17, 15) is 19.2 Å². The van der Waals surface area contributed by atoms with Crippen molar-refractivity contribution in [2.24, 2.45) is 35.1 Å². The molecule has 0 spiro atoms. The van der Waals surface area contributed by atoms with Crippen LogP contribution in [0.4, 0.5) is 21.5 Å². The number of carbonyl (C=O) groups excluding carboxylic acids is 2. The summed E-state index contributed by atoms with van der Waals surface area (Å²) in [5.41, 5.74) is 14.8. The number of ether oxygens (including phenoxy) is 2. The zero-order chi connectivity index (χ0) is 58.6. The predicted octanol–water partition coefficient (Wildman–Crippen LogP) is 13.0. The number of aliphatic carboxylic acids is 2. The Balaban J connectivity index is 0.000000281. The Labute approximate surface area is 504 Å². The van der Waals surface area contributed by atoms with Crippen molar-refractivity contribution in [2.45, 2.75) is 253 Å². The van der Waals surface area contributed by atoms with Gasteiger partial charge in [0.05, 0.1) is 34.3 Å². The summed E-state index contributed by atoms with van der Waals surface area (Å²) in [6, 6.07) is 18.1. The van der Waals surface area contributed by atoms with Crippen LogP contribution in [0.25, 0.3) is 21.8 Å². The van der Waals surface area contributed by atoms with Crippen LogP contribution >= 0.6 is 0 Å². The molecule has 0 saturated heterocycles. The fourth-order valence-electron chi connectivity index (χ4n) is 10.8. The van der Waals surface area contributed by atoms with Crippen LogP contribution in [0.15, 0.2) is 48.5 Å². The van der Waals surface area contributed by atoms with E-state index in [1.54, 1.807) is 0 Å². The molecule has 5 aliphatic rings. The van der Waals surface area contributed by atoms with Gasteiger partial charge in [0.15, 0.2) is 0 Å². The van der Waals surface area contributed by atoms with Gasteiger partial charge in [0.2, 0.25) is 11.9 Å². The summed E-state index contributed by atoms with van der Waals surface area (Å²) < 4.78 is 10.5. The van der Waals surface area contributed by atoms with Crippen LogP contribution in [0, 0.1) is 37.5 Å². The minimum absolute atomic E-state index is 0. The molecule has 10 N–H and O–H groups in total. The molecule has 5 aliphatic carbocycles. The summed E-state index contributed by atoms with van der Waals surface area (Å²) in [5.74, 6) is 1.25. The minimum Gasteiger partial charge on any atom is -0.481 e. The number of fused-ring (bicyclic) bond motifs is 2. The number of aromatic nitrogens is 4. The standard InChI is InChI=1S/C20H28N4O2.C15H20N4.C11H22N2O2.C8H12O4.C8H16.CH4.W/c1-13-16-7-5-6-8-17(16)24-18(21-13)22-14-9-11-15(12-10-14)23-19(25)26-20(2,3)4;1-10-13-4-2-3-5-14(13)19-15(17-10)18-12-8-6-11(16)7-9-12;1-11(2,3)15-10(14)13-9-6-4-8(12)5-7-9;9-7(10)5-1-2-6(4-3-5)8(11)12;1-7-3-5-8(2)6-4-7;;/h5-8,14-15H,9-12H2,1-4H3,(H,23,25)(H,21,22,24);2-5,11-12H,6-9,16H2,1H3,(H,17,18,19);8-9H,4-7,12H2,1-3H3,(H,13,14);5-6H,1-4H2,(H,9,10)(H,11,12);7-8H,3-6H2,1-2H3;1H4;. The SMILES string of the molecule is C.CC(C)(C)OC(=O)NC1CCC(N)CC1.CC1CCC(C)CC1.Cc1nc(NC2CCC(N)CC2)nc2ccccc12.Cc1nc(NC2CCC(NC(=O)OC(C)(C)C)CC2)nc2ccccc12.O=C(O)C1CCC(C(=O)O)CC1.[W]. The maximum Gasteiger partial charge on any atom is 0.407 e. The third-order valence-electron chi connectivity index (χ3n) is 15.7. The number of nitrogens with two attached hydrogens (primary N) is 2. The van der Waals surface area contributed by atoms with Crippen molar-refractivity contribution < 1.29 is 59.9 Å². The second-order valence-corrected chi connectivity index (χ2v) is 25.2. The summed E-state index contributed by atoms with van der Waals surface area (Å²) in [4.78, 5) is 62.7. The van der Waals surface area contributed by atoms with Crippen LogP contribution in [0.3, 0.4) is 0 Å². The van der Waals surface area contributed by atoms with E-state index in [-0.39, 0.29) is 64.6 Å². The largest absolute Gasteiger partial charge is 0.481 e. The van der Waals surface area contributed by atoms with Gasteiger partial charge in [-0.2, -0.15) is 0 Å². The number of para-hydroxylation sites is 2. The van der Waals surface area contributed by atoms with E-state index in [2.05, 4.69) is 61.1 Å². The Hall–Kier alpha value is -5.19. The quantitative estimate of drug-likeness (QED) is 0.0814. The molecule has 0 radical (unpaired) electrons. The Kier molecular flexibility index (Phi) is 29.9. The van der Waals surface area contributed by atoms with E-state index in [4.69, 9.17) is 31.2 Å². The van der Waals surface area contributed by atoms with Crippen molar-refractivity contribution >= 4 is 57.8 Å². The first-order chi connectivity index (χ1) is 37.8. The first-order valence-electron chi connectivity index (χ1n) is 29.7. The maximum atomic E-state index is 11.9. The van der Waals surface area contributed by atoms with E-state index in [1.165, 1.54) is 25.7 Å². The van der Waals surface area contributed by atoms with Gasteiger partial charge in [-0.3, -0.25) is 9.59 Å². The minimum atomic E-state index is -0.793. The first kappa shape index (κ1) is 71.1. The van der Waals surface area contributed by atoms with Gasteiger partial charge in [-0.25, -0.2) is 29.5 Å². The Bertz CT molecular complexity index is 2520. The van der Waals surface area contributed by atoms with Gasteiger partial charge < -0.3 is 52.4 Å². The van der Waals surface area contributed by atoms with Crippen LogP contribution in [-0.4, -0.2) is 102 Å². The van der Waals surface area contributed by atoms with Crippen molar-refractivity contribution in [1.82, 2.24) is 30.6 Å². The molecule has 19 heteroatoms. The van der Waals surface area contributed by atoms with Crippen molar-refractivity contribution in [3.05, 3.63) is 59.9 Å². The van der Waals surface area contributed by atoms with Crippen LogP contribution in [-0.2, 0) is 40.1 Å². The van der Waals surface area contributed by atoms with Crippen LogP contribution in [0.2, 0.25) is 0 Å². The van der Waals surface area contributed by atoms with Crippen LogP contribution in [0.5, 0.6) is 0 Å². The van der Waals surface area contributed by atoms with Crippen molar-refractivity contribution in [3.63, 3.8) is 0 Å². The summed E-state index contributed by atoms with van der Waals surface area (Å²) in [6.07, 6.45) is 19.3. The summed E-state index contributed by atoms with van der Waals surface area (Å²) in [7, 11) is 0. The zero-order valence-electron chi connectivity index (χ0n) is 50.2. The van der Waals surface area contributed by atoms with Crippen molar-refractivity contribution in [1.29, 1.82) is 0 Å². The molecule has 458 valence electrons. The number of anilines is 2. The molecule has 9 rings (SSSR count). The van der Waals surface area contributed by atoms with Gasteiger partial charge in [0.25, 0.3) is 0 Å². The molecule has 5 saturated carbocycles. The number of carbonyl (C=O) groups is 4. The number of rotatable bonds is 8. The third-order valence-corrected chi connectivity index (χ3v) is 15.7. The number of carboxylic acids is 2. The number of aryl methyl sites for hydroxylation is 2. The molecule has 0 bridgehead atoms. The smallest absolute Gasteiger partial charge is 0.407 e. The summed E-state index contributed by atoms with van der Waals surface area (Å²) in [6.45, 7) is 20.0. The van der Waals surface area contributed by atoms with E-state index in [0.29, 0.717) is 55.8 Å². The van der Waals surface area contributed by atoms with Gasteiger partial charge in [-0.1, -0.05) is 83.4 Å². The fourth-order valence-corrected chi connectivity index (χ4v) is 10.8. The topological polar surface area (TPSA) is 279 Å². The molecule has 0 atom stereocenters. The molecule has 5 fully saturated rings. The summed E-state index contributed by atoms with van der Waals surface area (Å²) in [5, 5.41) is 32.2. The summed E-state index contributed by atoms with van der Waals surface area (Å²) >= 11 is 0. The number of hydrogen-bond donors (Lipinski definition) is 8. The van der Waals surface area contributed by atoms with Gasteiger partial charge in [0.1, 0.15) is 11.2 Å². The zero-order valence-corrected chi connectivity index (χ0v) is 53.2. The van der Waals surface area contributed by atoms with Gasteiger partial charge in [-0.05, 0) is 182 Å². The molecule has 0 unspecified atom stereocenters. The first-order valence-corrected chi connectivity index (χ1v) is 29.7. The maximum absolute atomic E-state index is 11.9. The van der Waals surface area contributed by atoms with Crippen molar-refractivity contribution in [3.8, 4) is 0 Å². The van der Waals surface area contributed by atoms with E-state index < -0.39 is 23.1 Å². The molecule has 2 aromatic carbocycles. The molecular formula is C63H102N10O8W. The average molecular weight is 1310 g/mol. The molecule has 2 heterocycles. The van der Waals surface area contributed by atoms with Gasteiger partial charge in [-0.15, -0.1) is 0 Å². The number of nitrogens with one attached hydrogen (secondary N) is 4. The molecule has 4 aromatic rings. The fraction of sp³-hybridized carbons (Fsp3) is 0.683. The Morgan fingerprint density at radius 2 is 0.768 bits per heavy atom. The average Bonchev–Trinajstić information content (AvgIpc) is 3.41. The molecular weight excluding hydrogens is 1210 g/mol. The second-order valence-electron chi connectivity index (χ2n) is 25.2. The van der Waals surface area contributed by atoms with E-state index in [1.807, 2.05) is 97.9 Å². The monoisotopic (exact) mass is 1310 g/mol. The van der Waals surface area contributed by atoms with E-state index in [0.717, 1.165) is 128 Å². The predicted molar refractivity (Wildman–Crippen MR) is 325 cm³/mol. The van der Waals surface area contributed by atoms with Crippen LogP contribution < -0.4 is 32.7 Å². The van der Waals surface area contributed by atoms with Crippen LogP contribution in [0.1, 0.15) is 203 Å². The number of benzene rings is 2. The van der Waals surface area contributed by atoms with Crippen molar-refractivity contribution in [2.75, 3.05) is 10.6 Å². The molecule has 0 aliphatic heterocycles. The third kappa shape index (κ3) is 26.2. The number of nitrogens with zero attached hydrogens (tertiary/aromatic N) is 4. The number of amides is 2. The second kappa shape index (κ2) is 34.6. The molecule has 2 aromatic heterocycles. The molecule has 2 amide bonds.